The van der Waals surface area contributed by atoms with Crippen LogP contribution in [0.5, 0.6) is 0 Å². The Bertz CT molecular complexity index is 28.5. The SMILES string of the molecule is COCCCO.[Ca+2].[H-].[H-]. The van der Waals surface area contributed by atoms with Crippen LogP contribution in [-0.4, -0.2) is 63.2 Å². The van der Waals surface area contributed by atoms with E-state index < -0.39 is 0 Å². The summed E-state index contributed by atoms with van der Waals surface area (Å²) in [4.78, 5) is 0. The summed E-state index contributed by atoms with van der Waals surface area (Å²) in [6.45, 7) is 0.893. The van der Waals surface area contributed by atoms with Crippen LogP contribution >= 0.6 is 0 Å². The normalized spacial score (nSPS) is 7.71. The molecule has 0 bridgehead atoms. The van der Waals surface area contributed by atoms with Crippen molar-refractivity contribution < 1.29 is 12.7 Å². The van der Waals surface area contributed by atoms with Gasteiger partial charge in [0, 0.05) is 20.3 Å². The average Bonchev–Trinajstić information content (AvgIpc) is 1.61. The molecule has 1 N–H and O–H groups in total. The van der Waals surface area contributed by atoms with E-state index in [1.54, 1.807) is 7.11 Å². The van der Waals surface area contributed by atoms with Crippen molar-refractivity contribution in [3.05, 3.63) is 0 Å². The molecule has 0 rings (SSSR count). The Balaban J connectivity index is -0.0000000417. The molecule has 2 nitrogen and oxygen atoms in total. The van der Waals surface area contributed by atoms with Crippen LogP contribution in [0.25, 0.3) is 0 Å². The van der Waals surface area contributed by atoms with Gasteiger partial charge in [-0.15, -0.1) is 0 Å². The van der Waals surface area contributed by atoms with Gasteiger partial charge in [0.05, 0.1) is 0 Å². The summed E-state index contributed by atoms with van der Waals surface area (Å²) in [7, 11) is 1.62. The molecule has 0 aromatic carbocycles. The molecule has 0 spiro atoms. The Kier molecular flexibility index (Phi) is 16.1. The van der Waals surface area contributed by atoms with Gasteiger partial charge in [0.2, 0.25) is 0 Å². The fourth-order valence-corrected chi connectivity index (χ4v) is 0.209. The molecule has 0 saturated heterocycles. The van der Waals surface area contributed by atoms with Gasteiger partial charge in [-0.3, -0.25) is 0 Å². The molecule has 0 atom stereocenters. The van der Waals surface area contributed by atoms with Crippen molar-refractivity contribution in [2.24, 2.45) is 0 Å². The molecule has 0 aliphatic carbocycles. The summed E-state index contributed by atoms with van der Waals surface area (Å²) >= 11 is 0. The first-order valence-corrected chi connectivity index (χ1v) is 2.01. The third-order valence-corrected chi connectivity index (χ3v) is 0.507. The number of hydrogen-bond acceptors (Lipinski definition) is 2. The zero-order valence-corrected chi connectivity index (χ0v) is 6.89. The van der Waals surface area contributed by atoms with Crippen LogP contribution in [0.2, 0.25) is 0 Å². The summed E-state index contributed by atoms with van der Waals surface area (Å²) in [5.41, 5.74) is 0. The number of hydrogen-bond donors (Lipinski definition) is 1. The maximum absolute atomic E-state index is 8.12. The molecule has 3 heteroatoms. The minimum Gasteiger partial charge on any atom is -1.00 e. The van der Waals surface area contributed by atoms with E-state index >= 15 is 0 Å². The number of rotatable bonds is 3. The molecule has 42 valence electrons. The molecular formula is C4H12CaO2. The monoisotopic (exact) mass is 132 g/mol. The minimum absolute atomic E-state index is 0. The number of ether oxygens (including phenoxy) is 1. The summed E-state index contributed by atoms with van der Waals surface area (Å²) in [5.74, 6) is 0. The maximum atomic E-state index is 8.12. The Labute approximate surface area is 76.8 Å². The van der Waals surface area contributed by atoms with E-state index in [0.717, 1.165) is 6.42 Å². The maximum Gasteiger partial charge on any atom is 2.00 e. The van der Waals surface area contributed by atoms with Gasteiger partial charge in [0.15, 0.2) is 0 Å². The first-order valence-electron chi connectivity index (χ1n) is 2.01. The van der Waals surface area contributed by atoms with Crippen molar-refractivity contribution in [1.82, 2.24) is 0 Å². The van der Waals surface area contributed by atoms with E-state index in [4.69, 9.17) is 5.11 Å². The van der Waals surface area contributed by atoms with Crippen molar-refractivity contribution in [2.75, 3.05) is 20.3 Å². The predicted octanol–water partition coefficient (Wildman–Crippen LogP) is -0.141. The molecule has 0 radical (unpaired) electrons. The van der Waals surface area contributed by atoms with Gasteiger partial charge < -0.3 is 12.7 Å². The molecule has 7 heavy (non-hydrogen) atoms. The molecule has 0 aliphatic rings. The van der Waals surface area contributed by atoms with E-state index in [2.05, 4.69) is 4.74 Å². The fourth-order valence-electron chi connectivity index (χ4n) is 0.209. The Morgan fingerprint density at radius 3 is 2.43 bits per heavy atom. The van der Waals surface area contributed by atoms with E-state index in [1.807, 2.05) is 0 Å². The zero-order chi connectivity index (χ0) is 4.83. The molecule has 0 aliphatic heterocycles. The van der Waals surface area contributed by atoms with Crippen LogP contribution in [0.4, 0.5) is 0 Å². The smallest absolute Gasteiger partial charge is 1.00 e. The molecule has 0 fully saturated rings. The van der Waals surface area contributed by atoms with Crippen LogP contribution in [0, 0.1) is 0 Å². The largest absolute Gasteiger partial charge is 2.00 e. The van der Waals surface area contributed by atoms with Gasteiger partial charge in [-0.05, 0) is 6.42 Å². The van der Waals surface area contributed by atoms with E-state index in [0.29, 0.717) is 6.61 Å². The van der Waals surface area contributed by atoms with Gasteiger partial charge >= 0.3 is 37.7 Å². The summed E-state index contributed by atoms with van der Waals surface area (Å²) in [5, 5.41) is 8.12. The van der Waals surface area contributed by atoms with E-state index in [-0.39, 0.29) is 47.2 Å². The van der Waals surface area contributed by atoms with Gasteiger partial charge in [0.25, 0.3) is 0 Å². The Morgan fingerprint density at radius 2 is 2.29 bits per heavy atom. The van der Waals surface area contributed by atoms with Crippen LogP contribution in [0.15, 0.2) is 0 Å². The second-order valence-electron chi connectivity index (χ2n) is 1.07. The van der Waals surface area contributed by atoms with E-state index in [1.165, 1.54) is 0 Å². The standard InChI is InChI=1S/C4H10O2.Ca.2H/c1-6-4-2-3-5;;;/h5H,2-4H2,1H3;;;/q;+2;2*-1. The third-order valence-electron chi connectivity index (χ3n) is 0.507. The Morgan fingerprint density at radius 1 is 1.71 bits per heavy atom. The van der Waals surface area contributed by atoms with Crippen molar-refractivity contribution in [1.29, 1.82) is 0 Å². The number of aliphatic hydroxyl groups excluding tert-OH is 1. The third kappa shape index (κ3) is 11.0. The van der Waals surface area contributed by atoms with Crippen LogP contribution < -0.4 is 0 Å². The van der Waals surface area contributed by atoms with Crippen LogP contribution in [0.3, 0.4) is 0 Å². The molecule has 0 aromatic rings. The topological polar surface area (TPSA) is 29.5 Å². The van der Waals surface area contributed by atoms with Crippen molar-refractivity contribution in [2.45, 2.75) is 6.42 Å². The van der Waals surface area contributed by atoms with Crippen LogP contribution in [-0.2, 0) is 4.74 Å². The molecule has 0 heterocycles. The first kappa shape index (κ1) is 11.0. The fraction of sp³-hybridized carbons (Fsp3) is 1.00. The average molecular weight is 132 g/mol. The second kappa shape index (κ2) is 10.2. The second-order valence-corrected chi connectivity index (χ2v) is 1.07. The van der Waals surface area contributed by atoms with Crippen LogP contribution in [0.1, 0.15) is 9.27 Å². The summed E-state index contributed by atoms with van der Waals surface area (Å²) < 4.78 is 4.62. The molecular weight excluding hydrogens is 120 g/mol. The summed E-state index contributed by atoms with van der Waals surface area (Å²) in [6, 6.07) is 0. The quantitative estimate of drug-likeness (QED) is 0.428. The zero-order valence-electron chi connectivity index (χ0n) is 6.68. The van der Waals surface area contributed by atoms with Gasteiger partial charge in [-0.1, -0.05) is 0 Å². The Hall–Kier alpha value is 1.18. The van der Waals surface area contributed by atoms with E-state index in [9.17, 15) is 0 Å². The molecule has 0 amide bonds. The number of methoxy groups -OCH3 is 1. The molecule has 0 aromatic heterocycles. The first-order chi connectivity index (χ1) is 2.91. The van der Waals surface area contributed by atoms with Gasteiger partial charge in [0.1, 0.15) is 0 Å². The van der Waals surface area contributed by atoms with Crippen molar-refractivity contribution >= 4 is 37.7 Å². The van der Waals surface area contributed by atoms with Gasteiger partial charge in [-0.25, -0.2) is 0 Å². The van der Waals surface area contributed by atoms with Crippen molar-refractivity contribution in [3.8, 4) is 0 Å². The van der Waals surface area contributed by atoms with Gasteiger partial charge in [-0.2, -0.15) is 0 Å². The molecule has 0 saturated carbocycles. The summed E-state index contributed by atoms with van der Waals surface area (Å²) in [6.07, 6.45) is 0.747. The molecule has 0 unspecified atom stereocenters. The predicted molar refractivity (Wildman–Crippen MR) is 31.6 cm³/mol. The van der Waals surface area contributed by atoms with Crippen molar-refractivity contribution in [3.63, 3.8) is 0 Å². The minimum atomic E-state index is 0. The number of aliphatic hydroxyl groups is 1.